The van der Waals surface area contributed by atoms with Gasteiger partial charge in [0, 0.05) is 17.3 Å². The molecule has 0 unspecified atom stereocenters. The van der Waals surface area contributed by atoms with E-state index in [4.69, 9.17) is 0 Å². The molecule has 168 valence electrons. The fourth-order valence-corrected chi connectivity index (χ4v) is 3.82. The molecule has 1 heterocycles. The first-order valence-corrected chi connectivity index (χ1v) is 10.6. The molecule has 0 atom stereocenters. The summed E-state index contributed by atoms with van der Waals surface area (Å²) in [6, 6.07) is 17.6. The first kappa shape index (κ1) is 23.1. The number of aromatic hydroxyl groups is 1. The molecule has 0 aliphatic heterocycles. The number of nitrogens with one attached hydrogen (secondary N) is 3. The van der Waals surface area contributed by atoms with Gasteiger partial charge in [-0.2, -0.15) is 4.98 Å². The molecule has 1 amide bonds. The number of carbonyl (C=O) groups excluding carboxylic acids is 1. The van der Waals surface area contributed by atoms with Gasteiger partial charge < -0.3 is 21.1 Å². The summed E-state index contributed by atoms with van der Waals surface area (Å²) < 4.78 is 0. The zero-order valence-corrected chi connectivity index (χ0v) is 19.2. The van der Waals surface area contributed by atoms with Crippen LogP contribution in [0.25, 0.3) is 0 Å². The normalized spacial score (nSPS) is 11.7. The Morgan fingerprint density at radius 3 is 2.25 bits per heavy atom. The Hall–Kier alpha value is -3.61. The Bertz CT molecular complexity index is 1080. The van der Waals surface area contributed by atoms with Gasteiger partial charge in [-0.1, -0.05) is 51.1 Å². The van der Waals surface area contributed by atoms with Gasteiger partial charge in [0.25, 0.3) is 5.91 Å². The van der Waals surface area contributed by atoms with Gasteiger partial charge in [0.1, 0.15) is 17.3 Å². The van der Waals surface area contributed by atoms with Crippen molar-refractivity contribution < 1.29 is 9.90 Å². The summed E-state index contributed by atoms with van der Waals surface area (Å²) in [6.07, 6.45) is 0.887. The first-order chi connectivity index (χ1) is 15.0. The third-order valence-electron chi connectivity index (χ3n) is 4.58. The van der Waals surface area contributed by atoms with Crippen molar-refractivity contribution in [2.45, 2.75) is 46.6 Å². The van der Waals surface area contributed by atoms with Crippen LogP contribution < -0.4 is 16.0 Å². The minimum Gasteiger partial charge on any atom is -0.506 e. The summed E-state index contributed by atoms with van der Waals surface area (Å²) in [5, 5.41) is 19.4. The molecular formula is C25H31N5O2. The van der Waals surface area contributed by atoms with E-state index in [9.17, 15) is 9.90 Å². The lowest BCUT2D eigenvalue weighted by molar-refractivity contribution is 0.102. The lowest BCUT2D eigenvalue weighted by Gasteiger charge is -2.33. The highest BCUT2D eigenvalue weighted by molar-refractivity contribution is 6.03. The van der Waals surface area contributed by atoms with E-state index < -0.39 is 0 Å². The van der Waals surface area contributed by atoms with Crippen molar-refractivity contribution in [1.29, 1.82) is 0 Å². The number of anilines is 4. The predicted molar refractivity (Wildman–Crippen MR) is 130 cm³/mol. The number of hydrogen-bond donors (Lipinski definition) is 4. The molecule has 2 aromatic carbocycles. The number of phenols is 1. The van der Waals surface area contributed by atoms with Gasteiger partial charge in [-0.3, -0.25) is 4.79 Å². The largest absolute Gasteiger partial charge is 0.506 e. The minimum absolute atomic E-state index is 0.0674. The van der Waals surface area contributed by atoms with Gasteiger partial charge in [-0.25, -0.2) is 4.98 Å². The van der Waals surface area contributed by atoms with Gasteiger partial charge in [-0.15, -0.1) is 0 Å². The van der Waals surface area contributed by atoms with Crippen LogP contribution in [0.1, 0.15) is 51.5 Å². The molecule has 0 saturated carbocycles. The molecule has 0 radical (unpaired) electrons. The average molecular weight is 434 g/mol. The molecule has 0 aliphatic carbocycles. The van der Waals surface area contributed by atoms with Crippen LogP contribution >= 0.6 is 0 Å². The fourth-order valence-electron chi connectivity index (χ4n) is 3.82. The van der Waals surface area contributed by atoms with Crippen molar-refractivity contribution in [3.05, 3.63) is 66.4 Å². The highest BCUT2D eigenvalue weighted by atomic mass is 16.3. The quantitative estimate of drug-likeness (QED) is 0.351. The molecule has 7 nitrogen and oxygen atoms in total. The van der Waals surface area contributed by atoms with E-state index in [0.717, 1.165) is 6.42 Å². The molecule has 0 saturated heterocycles. The van der Waals surface area contributed by atoms with Crippen LogP contribution in [0.4, 0.5) is 23.1 Å². The summed E-state index contributed by atoms with van der Waals surface area (Å²) in [5.74, 6) is 0.445. The molecule has 4 N–H and O–H groups in total. The van der Waals surface area contributed by atoms with Crippen LogP contribution in [0, 0.1) is 5.41 Å². The number of rotatable bonds is 7. The number of benzene rings is 2. The van der Waals surface area contributed by atoms with E-state index >= 15 is 0 Å². The van der Waals surface area contributed by atoms with Gasteiger partial charge in [-0.05, 0) is 49.9 Å². The molecule has 0 aliphatic rings. The molecule has 3 rings (SSSR count). The lowest BCUT2D eigenvalue weighted by Crippen LogP contribution is -2.36. The van der Waals surface area contributed by atoms with Crippen LogP contribution in [-0.4, -0.2) is 26.5 Å². The van der Waals surface area contributed by atoms with Crippen LogP contribution in [0.3, 0.4) is 0 Å². The molecule has 0 bridgehead atoms. The maximum atomic E-state index is 12.9. The number of para-hydroxylation sites is 3. The highest BCUT2D eigenvalue weighted by Gasteiger charge is 2.26. The Morgan fingerprint density at radius 1 is 0.938 bits per heavy atom. The summed E-state index contributed by atoms with van der Waals surface area (Å²) in [6.45, 7) is 10.7. The van der Waals surface area contributed by atoms with Gasteiger partial charge in [0.05, 0.1) is 5.69 Å². The number of amides is 1. The Labute approximate surface area is 189 Å². The molecule has 0 fully saturated rings. The van der Waals surface area contributed by atoms with Crippen molar-refractivity contribution >= 4 is 29.0 Å². The molecule has 0 spiro atoms. The standard InChI is InChI=1S/C25H31N5O2/c1-24(2,3)16-25(4,5)30-21-15-19(22(32)26-17-11-7-6-8-12-17)28-23(29-21)27-18-13-9-10-14-20(18)31/h6-15,31H,16H2,1-5H3,(H,26,32)(H2,27,28,29,30). The topological polar surface area (TPSA) is 99.2 Å². The fraction of sp³-hybridized carbons (Fsp3) is 0.320. The Morgan fingerprint density at radius 2 is 1.59 bits per heavy atom. The van der Waals surface area contributed by atoms with Crippen molar-refractivity contribution in [2.75, 3.05) is 16.0 Å². The Balaban J connectivity index is 1.93. The van der Waals surface area contributed by atoms with Crippen molar-refractivity contribution in [2.24, 2.45) is 5.41 Å². The minimum atomic E-state index is -0.351. The zero-order valence-electron chi connectivity index (χ0n) is 19.2. The van der Waals surface area contributed by atoms with E-state index in [1.807, 2.05) is 30.3 Å². The SMILES string of the molecule is CC(C)(C)CC(C)(C)Nc1cc(C(=O)Nc2ccccc2)nc(Nc2ccccc2O)n1. The smallest absolute Gasteiger partial charge is 0.274 e. The van der Waals surface area contributed by atoms with E-state index in [-0.39, 0.29) is 34.3 Å². The van der Waals surface area contributed by atoms with Crippen molar-refractivity contribution in [1.82, 2.24) is 9.97 Å². The maximum absolute atomic E-state index is 12.9. The highest BCUT2D eigenvalue weighted by Crippen LogP contribution is 2.30. The lowest BCUT2D eigenvalue weighted by atomic mass is 9.82. The number of phenolic OH excluding ortho intramolecular Hbond substituents is 1. The van der Waals surface area contributed by atoms with Gasteiger partial charge in [0.15, 0.2) is 0 Å². The molecule has 3 aromatic rings. The van der Waals surface area contributed by atoms with Crippen LogP contribution in [0.5, 0.6) is 5.75 Å². The van der Waals surface area contributed by atoms with E-state index in [0.29, 0.717) is 17.2 Å². The molecular weight excluding hydrogens is 402 g/mol. The van der Waals surface area contributed by atoms with Crippen molar-refractivity contribution in [3.8, 4) is 5.75 Å². The van der Waals surface area contributed by atoms with Crippen LogP contribution in [0.2, 0.25) is 0 Å². The van der Waals surface area contributed by atoms with Crippen LogP contribution in [-0.2, 0) is 0 Å². The summed E-state index contributed by atoms with van der Waals surface area (Å²) in [4.78, 5) is 21.9. The van der Waals surface area contributed by atoms with E-state index in [2.05, 4.69) is 60.5 Å². The predicted octanol–water partition coefficient (Wildman–Crippen LogP) is 5.80. The second-order valence-electron chi connectivity index (χ2n) is 9.67. The third kappa shape index (κ3) is 6.70. The maximum Gasteiger partial charge on any atom is 0.274 e. The number of carbonyl (C=O) groups is 1. The number of nitrogens with zero attached hydrogens (tertiary/aromatic N) is 2. The summed E-state index contributed by atoms with van der Waals surface area (Å²) in [5.41, 5.74) is 1.16. The van der Waals surface area contributed by atoms with Gasteiger partial charge in [0.2, 0.25) is 5.95 Å². The average Bonchev–Trinajstić information content (AvgIpc) is 2.68. The molecule has 7 heteroatoms. The Kier molecular flexibility index (Phi) is 6.67. The number of aromatic nitrogens is 2. The van der Waals surface area contributed by atoms with E-state index in [1.165, 1.54) is 0 Å². The zero-order chi connectivity index (χ0) is 23.4. The third-order valence-corrected chi connectivity index (χ3v) is 4.58. The first-order valence-electron chi connectivity index (χ1n) is 10.6. The van der Waals surface area contributed by atoms with Crippen LogP contribution in [0.15, 0.2) is 60.7 Å². The monoisotopic (exact) mass is 433 g/mol. The second-order valence-corrected chi connectivity index (χ2v) is 9.67. The summed E-state index contributed by atoms with van der Waals surface area (Å²) in [7, 11) is 0. The number of hydrogen-bond acceptors (Lipinski definition) is 6. The van der Waals surface area contributed by atoms with E-state index in [1.54, 1.807) is 30.3 Å². The molecule has 1 aromatic heterocycles. The molecule has 32 heavy (non-hydrogen) atoms. The summed E-state index contributed by atoms with van der Waals surface area (Å²) >= 11 is 0. The van der Waals surface area contributed by atoms with Crippen molar-refractivity contribution in [3.63, 3.8) is 0 Å². The van der Waals surface area contributed by atoms with Gasteiger partial charge >= 0.3 is 0 Å². The second kappa shape index (κ2) is 9.26.